The SMILES string of the molecule is COc1ccc2nc(C(=O)NCCCO)sc2c1. The molecule has 0 saturated carbocycles. The van der Waals surface area contributed by atoms with Gasteiger partial charge in [-0.3, -0.25) is 4.79 Å². The Balaban J connectivity index is 2.16. The number of aliphatic hydroxyl groups excluding tert-OH is 1. The number of rotatable bonds is 5. The monoisotopic (exact) mass is 266 g/mol. The summed E-state index contributed by atoms with van der Waals surface area (Å²) < 4.78 is 6.04. The first kappa shape index (κ1) is 12.8. The van der Waals surface area contributed by atoms with E-state index in [0.717, 1.165) is 16.0 Å². The van der Waals surface area contributed by atoms with Crippen LogP contribution in [0.3, 0.4) is 0 Å². The highest BCUT2D eigenvalue weighted by Crippen LogP contribution is 2.26. The van der Waals surface area contributed by atoms with Crippen LogP contribution in [0.5, 0.6) is 5.75 Å². The maximum Gasteiger partial charge on any atom is 0.280 e. The molecule has 0 fully saturated rings. The first-order valence-electron chi connectivity index (χ1n) is 5.58. The van der Waals surface area contributed by atoms with Gasteiger partial charge in [-0.15, -0.1) is 11.3 Å². The van der Waals surface area contributed by atoms with E-state index in [4.69, 9.17) is 9.84 Å². The van der Waals surface area contributed by atoms with E-state index in [0.29, 0.717) is 18.0 Å². The molecule has 0 aliphatic rings. The predicted octanol–water partition coefficient (Wildman–Crippen LogP) is 1.42. The highest BCUT2D eigenvalue weighted by Gasteiger charge is 2.11. The fraction of sp³-hybridized carbons (Fsp3) is 0.333. The molecule has 1 aromatic heterocycles. The van der Waals surface area contributed by atoms with E-state index in [2.05, 4.69) is 10.3 Å². The van der Waals surface area contributed by atoms with Crippen molar-refractivity contribution in [2.75, 3.05) is 20.3 Å². The molecule has 0 aliphatic heterocycles. The Labute approximate surface area is 108 Å². The third kappa shape index (κ3) is 2.77. The Bertz CT molecular complexity index is 553. The molecule has 96 valence electrons. The highest BCUT2D eigenvalue weighted by atomic mass is 32.1. The average Bonchev–Trinajstić information content (AvgIpc) is 2.81. The number of fused-ring (bicyclic) bond motifs is 1. The number of hydrogen-bond donors (Lipinski definition) is 2. The van der Waals surface area contributed by atoms with Crippen LogP contribution in [0, 0.1) is 0 Å². The summed E-state index contributed by atoms with van der Waals surface area (Å²) in [6.45, 7) is 0.520. The minimum Gasteiger partial charge on any atom is -0.497 e. The van der Waals surface area contributed by atoms with Crippen LogP contribution in [0.25, 0.3) is 10.2 Å². The molecule has 0 saturated heterocycles. The van der Waals surface area contributed by atoms with Crippen molar-refractivity contribution in [2.45, 2.75) is 6.42 Å². The van der Waals surface area contributed by atoms with Gasteiger partial charge in [0.2, 0.25) is 0 Å². The zero-order valence-corrected chi connectivity index (χ0v) is 10.8. The number of hydrogen-bond acceptors (Lipinski definition) is 5. The molecule has 5 nitrogen and oxygen atoms in total. The summed E-state index contributed by atoms with van der Waals surface area (Å²) in [7, 11) is 1.60. The topological polar surface area (TPSA) is 71.5 Å². The smallest absolute Gasteiger partial charge is 0.280 e. The van der Waals surface area contributed by atoms with Gasteiger partial charge in [0.1, 0.15) is 5.75 Å². The van der Waals surface area contributed by atoms with Crippen molar-refractivity contribution in [1.29, 1.82) is 0 Å². The molecule has 0 atom stereocenters. The number of nitrogens with zero attached hydrogens (tertiary/aromatic N) is 1. The van der Waals surface area contributed by atoms with E-state index in [1.807, 2.05) is 18.2 Å². The second-order valence-electron chi connectivity index (χ2n) is 3.69. The molecule has 0 spiro atoms. The molecule has 18 heavy (non-hydrogen) atoms. The van der Waals surface area contributed by atoms with Crippen molar-refractivity contribution in [3.8, 4) is 5.75 Å². The van der Waals surface area contributed by atoms with Crippen LogP contribution in [0.2, 0.25) is 0 Å². The maximum absolute atomic E-state index is 11.8. The van der Waals surface area contributed by atoms with Crippen molar-refractivity contribution >= 4 is 27.5 Å². The number of aliphatic hydroxyl groups is 1. The minimum absolute atomic E-state index is 0.0668. The van der Waals surface area contributed by atoms with Crippen molar-refractivity contribution in [1.82, 2.24) is 10.3 Å². The molecular formula is C12H14N2O3S. The molecular weight excluding hydrogens is 252 g/mol. The number of aromatic nitrogens is 1. The van der Waals surface area contributed by atoms with E-state index in [1.54, 1.807) is 7.11 Å². The van der Waals surface area contributed by atoms with Gasteiger partial charge in [0, 0.05) is 13.2 Å². The summed E-state index contributed by atoms with van der Waals surface area (Å²) in [6, 6.07) is 5.50. The summed E-state index contributed by atoms with van der Waals surface area (Å²) in [5.41, 5.74) is 0.785. The summed E-state index contributed by atoms with van der Waals surface area (Å²) in [4.78, 5) is 16.0. The van der Waals surface area contributed by atoms with Gasteiger partial charge in [-0.2, -0.15) is 0 Å². The van der Waals surface area contributed by atoms with Crippen molar-refractivity contribution in [2.24, 2.45) is 0 Å². The van der Waals surface area contributed by atoms with Crippen molar-refractivity contribution in [3.63, 3.8) is 0 Å². The van der Waals surface area contributed by atoms with Gasteiger partial charge < -0.3 is 15.2 Å². The van der Waals surface area contributed by atoms with Gasteiger partial charge in [0.25, 0.3) is 5.91 Å². The lowest BCUT2D eigenvalue weighted by Crippen LogP contribution is -2.24. The van der Waals surface area contributed by atoms with Crippen LogP contribution in [-0.4, -0.2) is 36.3 Å². The van der Waals surface area contributed by atoms with Gasteiger partial charge >= 0.3 is 0 Å². The standard InChI is InChI=1S/C12H14N2O3S/c1-17-8-3-4-9-10(7-8)18-12(14-9)11(16)13-5-2-6-15/h3-4,7,15H,2,5-6H2,1H3,(H,13,16). The number of amides is 1. The molecule has 0 aliphatic carbocycles. The lowest BCUT2D eigenvalue weighted by molar-refractivity contribution is 0.0951. The number of ether oxygens (including phenoxy) is 1. The average molecular weight is 266 g/mol. The molecule has 1 aromatic carbocycles. The van der Waals surface area contributed by atoms with Crippen molar-refractivity contribution in [3.05, 3.63) is 23.2 Å². The fourth-order valence-corrected chi connectivity index (χ4v) is 2.40. The Hall–Kier alpha value is -1.66. The summed E-state index contributed by atoms with van der Waals surface area (Å²) in [5.74, 6) is 0.544. The van der Waals surface area contributed by atoms with E-state index in [9.17, 15) is 4.79 Å². The molecule has 1 heterocycles. The molecule has 1 amide bonds. The van der Waals surface area contributed by atoms with Gasteiger partial charge in [-0.05, 0) is 24.6 Å². The Morgan fingerprint density at radius 3 is 3.11 bits per heavy atom. The summed E-state index contributed by atoms with van der Waals surface area (Å²) in [6.07, 6.45) is 0.546. The number of benzene rings is 1. The zero-order valence-electron chi connectivity index (χ0n) is 9.97. The van der Waals surface area contributed by atoms with Crippen LogP contribution in [0.1, 0.15) is 16.2 Å². The number of carbonyl (C=O) groups excluding carboxylic acids is 1. The van der Waals surface area contributed by atoms with Gasteiger partial charge in [-0.1, -0.05) is 0 Å². The van der Waals surface area contributed by atoms with Crippen LogP contribution < -0.4 is 10.1 Å². The number of nitrogens with one attached hydrogen (secondary N) is 1. The number of methoxy groups -OCH3 is 1. The Morgan fingerprint density at radius 2 is 2.39 bits per heavy atom. The van der Waals surface area contributed by atoms with E-state index in [-0.39, 0.29) is 12.5 Å². The zero-order chi connectivity index (χ0) is 13.0. The van der Waals surface area contributed by atoms with Crippen LogP contribution in [0.15, 0.2) is 18.2 Å². The van der Waals surface area contributed by atoms with E-state index in [1.165, 1.54) is 11.3 Å². The summed E-state index contributed by atoms with van der Waals surface area (Å²) >= 11 is 1.33. The molecule has 2 N–H and O–H groups in total. The molecule has 6 heteroatoms. The summed E-state index contributed by atoms with van der Waals surface area (Å²) in [5, 5.41) is 11.8. The van der Waals surface area contributed by atoms with Gasteiger partial charge in [-0.25, -0.2) is 4.98 Å². The molecule has 0 unspecified atom stereocenters. The minimum atomic E-state index is -0.205. The van der Waals surface area contributed by atoms with Crippen LogP contribution >= 0.6 is 11.3 Å². The van der Waals surface area contributed by atoms with Crippen LogP contribution in [0.4, 0.5) is 0 Å². The van der Waals surface area contributed by atoms with Gasteiger partial charge in [0.15, 0.2) is 5.01 Å². The maximum atomic E-state index is 11.8. The molecule has 2 rings (SSSR count). The number of carbonyl (C=O) groups is 1. The predicted molar refractivity (Wildman–Crippen MR) is 70.2 cm³/mol. The third-order valence-corrected chi connectivity index (χ3v) is 3.43. The molecule has 0 bridgehead atoms. The second-order valence-corrected chi connectivity index (χ2v) is 4.72. The van der Waals surface area contributed by atoms with Crippen molar-refractivity contribution < 1.29 is 14.6 Å². The van der Waals surface area contributed by atoms with Gasteiger partial charge in [0.05, 0.1) is 17.3 Å². The lowest BCUT2D eigenvalue weighted by atomic mass is 10.3. The highest BCUT2D eigenvalue weighted by molar-refractivity contribution is 7.20. The Kier molecular flexibility index (Phi) is 4.11. The first-order valence-corrected chi connectivity index (χ1v) is 6.40. The number of thiazole rings is 1. The first-order chi connectivity index (χ1) is 8.74. The normalized spacial score (nSPS) is 10.6. The second kappa shape index (κ2) is 5.79. The van der Waals surface area contributed by atoms with E-state index < -0.39 is 0 Å². The molecule has 2 aromatic rings. The third-order valence-electron chi connectivity index (χ3n) is 2.41. The lowest BCUT2D eigenvalue weighted by Gasteiger charge is -1.99. The molecule has 0 radical (unpaired) electrons. The largest absolute Gasteiger partial charge is 0.497 e. The fourth-order valence-electron chi connectivity index (χ4n) is 1.49. The Morgan fingerprint density at radius 1 is 1.56 bits per heavy atom. The van der Waals surface area contributed by atoms with Crippen LogP contribution in [-0.2, 0) is 0 Å². The van der Waals surface area contributed by atoms with E-state index >= 15 is 0 Å². The quantitative estimate of drug-likeness (QED) is 0.803.